The zero-order valence-corrected chi connectivity index (χ0v) is 50.8. The highest BCUT2D eigenvalue weighted by molar-refractivity contribution is 7.17. The third-order valence-electron chi connectivity index (χ3n) is 15.6. The normalized spacial score (nSPS) is 15.5. The number of amides is 10. The maximum atomic E-state index is 14.4. The lowest BCUT2D eigenvalue weighted by molar-refractivity contribution is -0.137. The van der Waals surface area contributed by atoms with Crippen molar-refractivity contribution in [1.29, 1.82) is 0 Å². The summed E-state index contributed by atoms with van der Waals surface area (Å²) in [5.41, 5.74) is 15.8. The highest BCUT2D eigenvalue weighted by atomic mass is 35.5. The molecule has 1 fully saturated rings. The van der Waals surface area contributed by atoms with Gasteiger partial charge in [-0.3, -0.25) is 38.6 Å². The van der Waals surface area contributed by atoms with Crippen molar-refractivity contribution >= 4 is 109 Å². The Bertz CT molecular complexity index is 3340. The topological polar surface area (TPSA) is 293 Å². The molecule has 23 nitrogen and oxygen atoms in total. The number of imide groups is 2. The van der Waals surface area contributed by atoms with Crippen LogP contribution in [0.4, 0.5) is 25.8 Å². The number of anilines is 2. The second-order valence-corrected chi connectivity index (χ2v) is 23.4. The van der Waals surface area contributed by atoms with Gasteiger partial charge < -0.3 is 56.0 Å². The monoisotopic (exact) mass is 1220 g/mol. The van der Waals surface area contributed by atoms with Gasteiger partial charge in [0.1, 0.15) is 36.7 Å². The van der Waals surface area contributed by atoms with Crippen LogP contribution in [0.1, 0.15) is 98.3 Å². The predicted molar refractivity (Wildman–Crippen MR) is 327 cm³/mol. The van der Waals surface area contributed by atoms with Gasteiger partial charge in [0.15, 0.2) is 5.75 Å². The van der Waals surface area contributed by atoms with E-state index in [-0.39, 0.29) is 86.6 Å². The lowest BCUT2D eigenvalue weighted by Crippen LogP contribution is -2.57. The quantitative estimate of drug-likeness (QED) is 0.0199. The number of fused-ring (bicyclic) bond motifs is 4. The van der Waals surface area contributed by atoms with Gasteiger partial charge in [-0.15, -0.1) is 22.9 Å². The fourth-order valence-corrected chi connectivity index (χ4v) is 12.0. The van der Waals surface area contributed by atoms with Crippen LogP contribution in [-0.2, 0) is 35.3 Å². The van der Waals surface area contributed by atoms with Gasteiger partial charge in [0, 0.05) is 99.5 Å². The minimum Gasteiger partial charge on any atom is -0.492 e. The number of likely N-dealkylation sites (N-methyl/N-ethyl adjacent to an activating group) is 2. The smallest absolute Gasteiger partial charge is 0.415 e. The zero-order chi connectivity index (χ0) is 61.8. The van der Waals surface area contributed by atoms with Crippen LogP contribution < -0.4 is 41.4 Å². The Morgan fingerprint density at radius 1 is 0.872 bits per heavy atom. The van der Waals surface area contributed by atoms with Crippen LogP contribution >= 0.6 is 22.9 Å². The molecule has 3 atom stereocenters. The van der Waals surface area contributed by atoms with Crippen LogP contribution in [0.15, 0.2) is 72.1 Å². The van der Waals surface area contributed by atoms with Crippen molar-refractivity contribution < 1.29 is 57.4 Å². The van der Waals surface area contributed by atoms with Gasteiger partial charge in [-0.1, -0.05) is 32.4 Å². The number of unbranched alkanes of at least 4 members (excludes halogenated alkanes) is 2. The molecule has 0 bridgehead atoms. The summed E-state index contributed by atoms with van der Waals surface area (Å²) >= 11 is 8.03. The Morgan fingerprint density at radius 3 is 2.26 bits per heavy atom. The van der Waals surface area contributed by atoms with Gasteiger partial charge in [-0.05, 0) is 129 Å². The number of benzene rings is 3. The van der Waals surface area contributed by atoms with Gasteiger partial charge in [0.25, 0.3) is 23.6 Å². The van der Waals surface area contributed by atoms with E-state index in [1.165, 1.54) is 77.4 Å². The molecule has 5 aromatic rings. The Labute approximate surface area is 508 Å². The van der Waals surface area contributed by atoms with Gasteiger partial charge in [-0.25, -0.2) is 19.3 Å². The van der Waals surface area contributed by atoms with Gasteiger partial charge in [0.2, 0.25) is 11.8 Å². The van der Waals surface area contributed by atoms with E-state index in [0.717, 1.165) is 67.3 Å². The highest BCUT2D eigenvalue weighted by Gasteiger charge is 2.38. The van der Waals surface area contributed by atoms with Crippen LogP contribution in [-0.4, -0.2) is 169 Å². The first kappa shape index (κ1) is 63.9. The Balaban J connectivity index is 0.829. The summed E-state index contributed by atoms with van der Waals surface area (Å²) in [6.45, 7) is 9.72. The number of H-pyrrole nitrogens is 1. The fourth-order valence-electron chi connectivity index (χ4n) is 10.7. The molecular weight excluding hydrogens is 1150 g/mol. The number of primary amides is 1. The Morgan fingerprint density at radius 2 is 1.58 bits per heavy atom. The summed E-state index contributed by atoms with van der Waals surface area (Å²) in [6.07, 6.45) is 5.39. The zero-order valence-electron chi connectivity index (χ0n) is 49.2. The van der Waals surface area contributed by atoms with E-state index < -0.39 is 53.9 Å². The number of carbonyl (C=O) groups excluding carboxylic acids is 9. The predicted octanol–water partition coefficient (Wildman–Crippen LogP) is 7.11. The average molecular weight is 1220 g/mol. The van der Waals surface area contributed by atoms with Crippen molar-refractivity contribution in [3.63, 3.8) is 0 Å². The molecule has 0 saturated carbocycles. The van der Waals surface area contributed by atoms with Crippen molar-refractivity contribution in [3.8, 4) is 11.5 Å². The largest absolute Gasteiger partial charge is 0.492 e. The first-order valence-corrected chi connectivity index (χ1v) is 30.4. The number of thiophene rings is 1. The number of rotatable bonds is 27. The number of carbonyl (C=O) groups is 9. The van der Waals surface area contributed by atoms with Crippen LogP contribution in [0.3, 0.4) is 0 Å². The molecule has 10 amide bonds. The minimum atomic E-state index is -1.26. The molecule has 25 heteroatoms. The number of likely N-dealkylation sites (tertiary alicyclic amines) is 1. The maximum absolute atomic E-state index is 14.4. The number of alkyl halides is 1. The molecular formula is C61H76ClN11O12S. The van der Waals surface area contributed by atoms with Gasteiger partial charge in [-0.2, -0.15) is 0 Å². The number of hydrogen-bond acceptors (Lipinski definition) is 15. The van der Waals surface area contributed by atoms with E-state index in [2.05, 4.69) is 20.5 Å². The summed E-state index contributed by atoms with van der Waals surface area (Å²) in [4.78, 5) is 131. The molecule has 2 aromatic heterocycles. The molecule has 460 valence electrons. The summed E-state index contributed by atoms with van der Waals surface area (Å²) in [6, 6.07) is 11.8. The van der Waals surface area contributed by atoms with E-state index in [4.69, 9.17) is 37.3 Å². The third-order valence-corrected chi connectivity index (χ3v) is 17.1. The molecule has 86 heavy (non-hydrogen) atoms. The van der Waals surface area contributed by atoms with Crippen LogP contribution in [0, 0.1) is 12.8 Å². The summed E-state index contributed by atoms with van der Waals surface area (Å²) in [5.74, 6) is -2.19. The number of aromatic nitrogens is 1. The van der Waals surface area contributed by atoms with E-state index >= 15 is 0 Å². The number of halogens is 1. The lowest BCUT2D eigenvalue weighted by atomic mass is 9.97. The van der Waals surface area contributed by atoms with Crippen LogP contribution in [0.5, 0.6) is 11.5 Å². The van der Waals surface area contributed by atoms with E-state index in [0.29, 0.717) is 55.8 Å². The molecule has 7 N–H and O–H groups in total. The number of nitrogens with zero attached hydrogens (tertiary/aromatic N) is 6. The first-order chi connectivity index (χ1) is 41.3. The van der Waals surface area contributed by atoms with Crippen molar-refractivity contribution in [2.45, 2.75) is 96.7 Å². The second kappa shape index (κ2) is 29.4. The van der Waals surface area contributed by atoms with Crippen LogP contribution in [0.25, 0.3) is 21.0 Å². The molecule has 5 heterocycles. The molecule has 0 unspecified atom stereocenters. The number of aromatic amines is 1. The molecule has 0 radical (unpaired) electrons. The molecule has 0 spiro atoms. The molecule has 3 aliphatic heterocycles. The second-order valence-electron chi connectivity index (χ2n) is 22.2. The van der Waals surface area contributed by atoms with Crippen molar-refractivity contribution in [1.82, 2.24) is 35.2 Å². The third kappa shape index (κ3) is 15.5. The maximum Gasteiger partial charge on any atom is 0.415 e. The average Bonchev–Trinajstić information content (AvgIpc) is 1.65. The Hall–Kier alpha value is -8.06. The number of urea groups is 1. The number of ether oxygens (including phenoxy) is 3. The highest BCUT2D eigenvalue weighted by Crippen LogP contribution is 2.49. The van der Waals surface area contributed by atoms with Gasteiger partial charge >= 0.3 is 18.2 Å². The van der Waals surface area contributed by atoms with Crippen molar-refractivity contribution in [2.75, 3.05) is 88.7 Å². The standard InChI is InChI=1S/C61H76ClN11O12S/c1-37(2)54(67-49(74)13-7-6-8-25-71-50(75)20-21-51(71)76)56(77)66-45(12-11-22-63)58(79)73(59(64)80)42-16-14-39(15-17-42)35-84-60(81)68(4)26-27-69(5)61(82)85-48-32-47-53(52-38(3)36-86-55(48)52)41(33-62)34-72(47)57(78)46-31-40-30-43(18-19-44(40)65-46)83-29-28-70-23-9-10-24-70/h14-21,30-32,36-37,41,45,54,65H,6-13,22-29,33-35,63H2,1-5H3,(H2,64,80)(H,66,77)(H,67,74)/t41-,45+,54+/m1/s1. The van der Waals surface area contributed by atoms with Crippen molar-refractivity contribution in [2.24, 2.45) is 17.4 Å². The fraction of sp³-hybridized carbons (Fsp3) is 0.459. The molecule has 0 aliphatic carbocycles. The number of nitrogens with two attached hydrogens (primary N) is 2. The molecule has 3 aromatic carbocycles. The number of aryl methyl sites for hydroxylation is 1. The summed E-state index contributed by atoms with van der Waals surface area (Å²) in [5, 5.41) is 9.13. The summed E-state index contributed by atoms with van der Waals surface area (Å²) in [7, 11) is 3.06. The summed E-state index contributed by atoms with van der Waals surface area (Å²) < 4.78 is 18.5. The lowest BCUT2D eigenvalue weighted by Gasteiger charge is -2.28. The van der Waals surface area contributed by atoms with E-state index in [9.17, 15) is 43.2 Å². The molecule has 3 aliphatic rings. The molecule has 1 saturated heterocycles. The Kier molecular flexibility index (Phi) is 21.8. The van der Waals surface area contributed by atoms with E-state index in [1.807, 2.05) is 36.6 Å². The van der Waals surface area contributed by atoms with Crippen LogP contribution in [0.2, 0.25) is 0 Å². The number of hydrogen-bond donors (Lipinski definition) is 5. The first-order valence-electron chi connectivity index (χ1n) is 29.0. The SMILES string of the molecule is Cc1csc2c(OC(=O)N(C)CCN(C)C(=O)OCc3ccc(N(C(N)=O)C(=O)[C@H](CCCN)NC(=O)[C@@H](NC(=O)CCCCCN4C(=O)C=CC4=O)C(C)C)cc3)cc3c(c12)[C@H](CCl)CN3C(=O)c1cc2cc(OCCN3CCCC3)ccc2[nH]1. The van der Waals surface area contributed by atoms with E-state index in [1.54, 1.807) is 31.9 Å². The minimum absolute atomic E-state index is 0.0511. The molecule has 8 rings (SSSR count). The van der Waals surface area contributed by atoms with Gasteiger partial charge in [0.05, 0.1) is 16.1 Å². The van der Waals surface area contributed by atoms with Crippen molar-refractivity contribution in [3.05, 3.63) is 94.5 Å². The number of nitrogens with one attached hydrogen (secondary N) is 3.